The number of rotatable bonds is 5. The van der Waals surface area contributed by atoms with E-state index in [4.69, 9.17) is 16.3 Å². The first-order valence-corrected chi connectivity index (χ1v) is 7.75. The van der Waals surface area contributed by atoms with Crippen LogP contribution < -0.4 is 5.32 Å². The average molecular weight is 300 g/mol. The minimum atomic E-state index is -0.353. The number of hydrogen-bond donors (Lipinski definition) is 1. The Kier molecular flexibility index (Phi) is 5.42. The lowest BCUT2D eigenvalue weighted by atomic mass is 9.84. The predicted molar refractivity (Wildman–Crippen MR) is 80.8 cm³/mol. The summed E-state index contributed by atoms with van der Waals surface area (Å²) in [5, 5.41) is 3.71. The number of nitrogens with one attached hydrogen (secondary N) is 1. The van der Waals surface area contributed by atoms with Crippen molar-refractivity contribution < 1.29 is 9.13 Å². The van der Waals surface area contributed by atoms with Gasteiger partial charge in [0.15, 0.2) is 0 Å². The molecule has 2 nitrogen and oxygen atoms in total. The van der Waals surface area contributed by atoms with Crippen molar-refractivity contribution in [2.75, 3.05) is 13.2 Å². The van der Waals surface area contributed by atoms with Crippen LogP contribution in [-0.4, -0.2) is 24.8 Å². The van der Waals surface area contributed by atoms with Gasteiger partial charge >= 0.3 is 0 Å². The summed E-state index contributed by atoms with van der Waals surface area (Å²) in [5.41, 5.74) is 0.636. The summed E-state index contributed by atoms with van der Waals surface area (Å²) < 4.78 is 19.6. The van der Waals surface area contributed by atoms with E-state index in [9.17, 15) is 4.39 Å². The van der Waals surface area contributed by atoms with Gasteiger partial charge in [-0.15, -0.1) is 0 Å². The Bertz CT molecular complexity index is 446. The Balaban J connectivity index is 2.18. The van der Waals surface area contributed by atoms with Gasteiger partial charge in [0.05, 0.1) is 10.6 Å². The molecule has 4 heteroatoms. The predicted octanol–water partition coefficient (Wildman–Crippen LogP) is 3.96. The van der Waals surface area contributed by atoms with Crippen LogP contribution in [0, 0.1) is 5.82 Å². The fraction of sp³-hybridized carbons (Fsp3) is 0.625. The lowest BCUT2D eigenvalue weighted by molar-refractivity contribution is -0.0881. The third-order valence-corrected chi connectivity index (χ3v) is 4.57. The number of benzene rings is 1. The molecule has 1 heterocycles. The molecule has 112 valence electrons. The third kappa shape index (κ3) is 3.51. The Hall–Kier alpha value is -0.640. The standard InChI is InChI=1S/C16H23ClFNO/c1-3-19-14(16(2)9-4-5-10-20-16)11-12-7-6-8-13(18)15(12)17/h6-8,14,19H,3-5,9-11H2,1-2H3. The van der Waals surface area contributed by atoms with Crippen LogP contribution in [0.3, 0.4) is 0 Å². The lowest BCUT2D eigenvalue weighted by Gasteiger charge is -2.41. The Morgan fingerprint density at radius 2 is 2.25 bits per heavy atom. The van der Waals surface area contributed by atoms with Crippen LogP contribution in [0.1, 0.15) is 38.7 Å². The van der Waals surface area contributed by atoms with Crippen LogP contribution in [0.2, 0.25) is 5.02 Å². The van der Waals surface area contributed by atoms with Gasteiger partial charge in [-0.1, -0.05) is 30.7 Å². The average Bonchev–Trinajstić information content (AvgIpc) is 2.44. The van der Waals surface area contributed by atoms with Gasteiger partial charge in [-0.05, 0) is 50.8 Å². The van der Waals surface area contributed by atoms with Gasteiger partial charge in [0.2, 0.25) is 0 Å². The third-order valence-electron chi connectivity index (χ3n) is 4.14. The van der Waals surface area contributed by atoms with E-state index >= 15 is 0 Å². The van der Waals surface area contributed by atoms with Crippen molar-refractivity contribution in [1.82, 2.24) is 5.32 Å². The normalized spacial score (nSPS) is 24.6. The fourth-order valence-electron chi connectivity index (χ4n) is 2.91. The molecule has 1 aliphatic heterocycles. The number of likely N-dealkylation sites (N-methyl/N-ethyl adjacent to an activating group) is 1. The van der Waals surface area contributed by atoms with Gasteiger partial charge in [0.1, 0.15) is 5.82 Å². The van der Waals surface area contributed by atoms with Crippen LogP contribution in [0.25, 0.3) is 0 Å². The van der Waals surface area contributed by atoms with Crippen molar-refractivity contribution in [3.63, 3.8) is 0 Å². The summed E-state index contributed by atoms with van der Waals surface area (Å²) in [5.74, 6) is -0.353. The fourth-order valence-corrected chi connectivity index (χ4v) is 3.11. The molecule has 2 unspecified atom stereocenters. The Labute approximate surface area is 125 Å². The first kappa shape index (κ1) is 15.7. The second-order valence-corrected chi connectivity index (χ2v) is 6.02. The summed E-state index contributed by atoms with van der Waals surface area (Å²) in [6, 6.07) is 5.14. The van der Waals surface area contributed by atoms with Crippen molar-refractivity contribution in [2.24, 2.45) is 0 Å². The van der Waals surface area contributed by atoms with Crippen LogP contribution >= 0.6 is 11.6 Å². The molecule has 1 saturated heterocycles. The zero-order valence-electron chi connectivity index (χ0n) is 12.2. The largest absolute Gasteiger partial charge is 0.374 e. The number of hydrogen-bond acceptors (Lipinski definition) is 2. The SMILES string of the molecule is CCNC(Cc1cccc(F)c1Cl)C1(C)CCCCO1. The molecular formula is C16H23ClFNO. The molecule has 2 rings (SSSR count). The minimum absolute atomic E-state index is 0.145. The quantitative estimate of drug-likeness (QED) is 0.888. The summed E-state index contributed by atoms with van der Waals surface area (Å²) in [6.45, 7) is 5.88. The topological polar surface area (TPSA) is 21.3 Å². The Morgan fingerprint density at radius 1 is 1.45 bits per heavy atom. The van der Waals surface area contributed by atoms with E-state index in [1.54, 1.807) is 6.07 Å². The molecule has 1 aliphatic rings. The van der Waals surface area contributed by atoms with Crippen molar-refractivity contribution in [1.29, 1.82) is 0 Å². The second kappa shape index (κ2) is 6.88. The summed E-state index contributed by atoms with van der Waals surface area (Å²) in [4.78, 5) is 0. The smallest absolute Gasteiger partial charge is 0.142 e. The van der Waals surface area contributed by atoms with Crippen molar-refractivity contribution in [2.45, 2.75) is 51.2 Å². The van der Waals surface area contributed by atoms with Gasteiger partial charge in [-0.25, -0.2) is 4.39 Å². The van der Waals surface area contributed by atoms with E-state index in [0.29, 0.717) is 6.42 Å². The summed E-state index contributed by atoms with van der Waals surface area (Å²) in [7, 11) is 0. The van der Waals surface area contributed by atoms with Crippen LogP contribution in [0.5, 0.6) is 0 Å². The van der Waals surface area contributed by atoms with Crippen molar-refractivity contribution >= 4 is 11.6 Å². The summed E-state index contributed by atoms with van der Waals surface area (Å²) in [6.07, 6.45) is 4.00. The molecule has 0 bridgehead atoms. The van der Waals surface area contributed by atoms with E-state index < -0.39 is 0 Å². The molecule has 0 saturated carbocycles. The lowest BCUT2D eigenvalue weighted by Crippen LogP contribution is -2.53. The molecule has 0 amide bonds. The minimum Gasteiger partial charge on any atom is -0.374 e. The van der Waals surface area contributed by atoms with Crippen molar-refractivity contribution in [3.8, 4) is 0 Å². The molecule has 20 heavy (non-hydrogen) atoms. The molecule has 0 spiro atoms. The van der Waals surface area contributed by atoms with Crippen LogP contribution in [0.4, 0.5) is 4.39 Å². The highest BCUT2D eigenvalue weighted by molar-refractivity contribution is 6.31. The highest BCUT2D eigenvalue weighted by Crippen LogP contribution is 2.31. The van der Waals surface area contributed by atoms with E-state index in [2.05, 4.69) is 19.2 Å². The molecule has 1 fully saturated rings. The maximum atomic E-state index is 13.6. The molecule has 1 aromatic carbocycles. The highest BCUT2D eigenvalue weighted by atomic mass is 35.5. The molecule has 1 N–H and O–H groups in total. The molecule has 2 atom stereocenters. The van der Waals surface area contributed by atoms with Gasteiger partial charge in [0, 0.05) is 12.6 Å². The molecule has 0 radical (unpaired) electrons. The van der Waals surface area contributed by atoms with Crippen LogP contribution in [-0.2, 0) is 11.2 Å². The summed E-state index contributed by atoms with van der Waals surface area (Å²) >= 11 is 6.08. The van der Waals surface area contributed by atoms with Gasteiger partial charge in [0.25, 0.3) is 0 Å². The maximum Gasteiger partial charge on any atom is 0.142 e. The van der Waals surface area contributed by atoms with Gasteiger partial charge in [-0.2, -0.15) is 0 Å². The second-order valence-electron chi connectivity index (χ2n) is 5.65. The number of ether oxygens (including phenoxy) is 1. The maximum absolute atomic E-state index is 13.6. The zero-order valence-corrected chi connectivity index (χ0v) is 13.0. The first-order valence-electron chi connectivity index (χ1n) is 7.37. The molecule has 1 aromatic rings. The monoisotopic (exact) mass is 299 g/mol. The molecule has 0 aromatic heterocycles. The van der Waals surface area contributed by atoms with E-state index in [0.717, 1.165) is 31.6 Å². The van der Waals surface area contributed by atoms with E-state index in [1.165, 1.54) is 12.5 Å². The van der Waals surface area contributed by atoms with Gasteiger partial charge < -0.3 is 10.1 Å². The van der Waals surface area contributed by atoms with E-state index in [1.807, 2.05) is 6.07 Å². The van der Waals surface area contributed by atoms with Gasteiger partial charge in [-0.3, -0.25) is 0 Å². The Morgan fingerprint density at radius 3 is 2.90 bits per heavy atom. The number of halogens is 2. The molecular weight excluding hydrogens is 277 g/mol. The molecule has 0 aliphatic carbocycles. The highest BCUT2D eigenvalue weighted by Gasteiger charge is 2.36. The first-order chi connectivity index (χ1) is 9.57. The zero-order chi connectivity index (χ0) is 14.6. The van der Waals surface area contributed by atoms with Crippen molar-refractivity contribution in [3.05, 3.63) is 34.6 Å². The van der Waals surface area contributed by atoms with Crippen LogP contribution in [0.15, 0.2) is 18.2 Å². The van der Waals surface area contributed by atoms with E-state index in [-0.39, 0.29) is 22.5 Å².